The zero-order valence-corrected chi connectivity index (χ0v) is 10.9. The molecule has 3 aromatic rings. The number of aryl methyl sites for hydroxylation is 2. The maximum Gasteiger partial charge on any atom is 0.243 e. The summed E-state index contributed by atoms with van der Waals surface area (Å²) in [6, 6.07) is 4.00. The number of pyridine rings is 1. The molecular formula is C12H15N7. The Kier molecular flexibility index (Phi) is 2.86. The Balaban J connectivity index is 1.65. The highest BCUT2D eigenvalue weighted by molar-refractivity contribution is 5.45. The van der Waals surface area contributed by atoms with Crippen molar-refractivity contribution in [3.63, 3.8) is 0 Å². The fourth-order valence-corrected chi connectivity index (χ4v) is 1.84. The topological polar surface area (TPSA) is 72.9 Å². The van der Waals surface area contributed by atoms with Gasteiger partial charge in [0, 0.05) is 26.2 Å². The molecule has 0 aliphatic carbocycles. The van der Waals surface area contributed by atoms with Crippen molar-refractivity contribution in [3.8, 4) is 0 Å². The Morgan fingerprint density at radius 2 is 2.21 bits per heavy atom. The van der Waals surface area contributed by atoms with E-state index in [0.717, 1.165) is 17.9 Å². The van der Waals surface area contributed by atoms with Gasteiger partial charge in [0.15, 0.2) is 11.5 Å². The lowest BCUT2D eigenvalue weighted by Crippen LogP contribution is -2.07. The van der Waals surface area contributed by atoms with Gasteiger partial charge in [-0.3, -0.25) is 4.68 Å². The van der Waals surface area contributed by atoms with Crippen LogP contribution >= 0.6 is 0 Å². The first-order valence-corrected chi connectivity index (χ1v) is 6.12. The van der Waals surface area contributed by atoms with Crippen LogP contribution in [0.4, 0.5) is 5.95 Å². The van der Waals surface area contributed by atoms with E-state index in [4.69, 9.17) is 0 Å². The van der Waals surface area contributed by atoms with Crippen molar-refractivity contribution in [2.24, 2.45) is 7.05 Å². The molecule has 3 rings (SSSR count). The van der Waals surface area contributed by atoms with Gasteiger partial charge in [0.1, 0.15) is 6.33 Å². The van der Waals surface area contributed by atoms with Crippen LogP contribution in [0.3, 0.4) is 0 Å². The van der Waals surface area contributed by atoms with Crippen LogP contribution in [0.1, 0.15) is 11.4 Å². The van der Waals surface area contributed by atoms with Crippen LogP contribution in [0.2, 0.25) is 0 Å². The van der Waals surface area contributed by atoms with E-state index in [0.29, 0.717) is 12.5 Å². The molecule has 0 atom stereocenters. The van der Waals surface area contributed by atoms with Gasteiger partial charge in [-0.2, -0.15) is 10.1 Å². The summed E-state index contributed by atoms with van der Waals surface area (Å²) in [4.78, 5) is 8.57. The molecule has 0 spiro atoms. The smallest absolute Gasteiger partial charge is 0.243 e. The molecule has 7 heteroatoms. The van der Waals surface area contributed by atoms with E-state index in [1.54, 1.807) is 15.5 Å². The van der Waals surface area contributed by atoms with Gasteiger partial charge in [-0.15, -0.1) is 5.10 Å². The summed E-state index contributed by atoms with van der Waals surface area (Å²) >= 11 is 0. The number of rotatable bonds is 4. The quantitative estimate of drug-likeness (QED) is 0.749. The highest BCUT2D eigenvalue weighted by Gasteiger charge is 2.04. The van der Waals surface area contributed by atoms with Crippen LogP contribution in [0, 0.1) is 6.92 Å². The molecule has 0 fully saturated rings. The molecule has 0 aliphatic rings. The van der Waals surface area contributed by atoms with Crippen LogP contribution in [0.5, 0.6) is 0 Å². The molecule has 0 aliphatic heterocycles. The van der Waals surface area contributed by atoms with E-state index in [-0.39, 0.29) is 0 Å². The minimum atomic E-state index is 0.626. The second-order valence-corrected chi connectivity index (χ2v) is 4.45. The van der Waals surface area contributed by atoms with Crippen molar-refractivity contribution in [1.82, 2.24) is 29.4 Å². The number of hydrogen-bond acceptors (Lipinski definition) is 5. The van der Waals surface area contributed by atoms with Crippen LogP contribution in [-0.4, -0.2) is 35.9 Å². The van der Waals surface area contributed by atoms with Gasteiger partial charge < -0.3 is 5.32 Å². The Labute approximate surface area is 110 Å². The lowest BCUT2D eigenvalue weighted by molar-refractivity contribution is 0.741. The zero-order valence-electron chi connectivity index (χ0n) is 10.9. The van der Waals surface area contributed by atoms with Crippen molar-refractivity contribution in [2.75, 3.05) is 11.9 Å². The summed E-state index contributed by atoms with van der Waals surface area (Å²) in [5.41, 5.74) is 2.02. The predicted molar refractivity (Wildman–Crippen MR) is 70.9 cm³/mol. The van der Waals surface area contributed by atoms with Crippen molar-refractivity contribution >= 4 is 11.6 Å². The monoisotopic (exact) mass is 257 g/mol. The zero-order chi connectivity index (χ0) is 13.2. The Morgan fingerprint density at radius 1 is 1.32 bits per heavy atom. The van der Waals surface area contributed by atoms with Crippen molar-refractivity contribution in [3.05, 3.63) is 36.0 Å². The maximum absolute atomic E-state index is 4.40. The first-order valence-electron chi connectivity index (χ1n) is 6.12. The molecular weight excluding hydrogens is 242 g/mol. The molecule has 98 valence electrons. The fraction of sp³-hybridized carbons (Fsp3) is 0.333. The van der Waals surface area contributed by atoms with Crippen molar-refractivity contribution in [2.45, 2.75) is 13.3 Å². The third-order valence-corrected chi connectivity index (χ3v) is 2.77. The van der Waals surface area contributed by atoms with E-state index in [9.17, 15) is 0 Å². The van der Waals surface area contributed by atoms with Crippen LogP contribution in [-0.2, 0) is 13.5 Å². The summed E-state index contributed by atoms with van der Waals surface area (Å²) in [6.07, 6.45) is 4.35. The molecule has 19 heavy (non-hydrogen) atoms. The fourth-order valence-electron chi connectivity index (χ4n) is 1.84. The largest absolute Gasteiger partial charge is 0.352 e. The molecule has 3 aromatic heterocycles. The molecule has 0 aromatic carbocycles. The number of nitrogens with zero attached hydrogens (tertiary/aromatic N) is 6. The lowest BCUT2D eigenvalue weighted by atomic mass is 10.3. The average molecular weight is 257 g/mol. The summed E-state index contributed by atoms with van der Waals surface area (Å²) in [7, 11) is 1.86. The molecule has 0 unspecified atom stereocenters. The van der Waals surface area contributed by atoms with E-state index >= 15 is 0 Å². The van der Waals surface area contributed by atoms with Crippen LogP contribution in [0.25, 0.3) is 5.65 Å². The second-order valence-electron chi connectivity index (χ2n) is 4.45. The lowest BCUT2D eigenvalue weighted by Gasteiger charge is -1.97. The highest BCUT2D eigenvalue weighted by Crippen LogP contribution is 2.07. The van der Waals surface area contributed by atoms with Gasteiger partial charge in [0.2, 0.25) is 5.95 Å². The van der Waals surface area contributed by atoms with Gasteiger partial charge in [0.05, 0.1) is 0 Å². The third-order valence-electron chi connectivity index (χ3n) is 2.77. The minimum Gasteiger partial charge on any atom is -0.352 e. The molecule has 0 saturated heterocycles. The van der Waals surface area contributed by atoms with Crippen LogP contribution in [0.15, 0.2) is 24.7 Å². The number of hydrogen-bond donors (Lipinski definition) is 1. The Bertz CT molecular complexity index is 697. The van der Waals surface area contributed by atoms with Crippen LogP contribution < -0.4 is 5.32 Å². The van der Waals surface area contributed by atoms with E-state index in [1.807, 2.05) is 32.3 Å². The van der Waals surface area contributed by atoms with E-state index in [1.165, 1.54) is 5.56 Å². The number of fused-ring (bicyclic) bond motifs is 1. The van der Waals surface area contributed by atoms with Crippen molar-refractivity contribution < 1.29 is 0 Å². The summed E-state index contributed by atoms with van der Waals surface area (Å²) in [5.74, 6) is 1.44. The van der Waals surface area contributed by atoms with Gasteiger partial charge in [0.25, 0.3) is 0 Å². The van der Waals surface area contributed by atoms with Gasteiger partial charge in [-0.05, 0) is 24.6 Å². The van der Waals surface area contributed by atoms with E-state index < -0.39 is 0 Å². The molecule has 1 N–H and O–H groups in total. The first kappa shape index (κ1) is 11.6. The molecule has 3 heterocycles. The summed E-state index contributed by atoms with van der Waals surface area (Å²) < 4.78 is 3.45. The summed E-state index contributed by atoms with van der Waals surface area (Å²) in [6.45, 7) is 2.74. The maximum atomic E-state index is 4.40. The molecule has 0 saturated carbocycles. The minimum absolute atomic E-state index is 0.626. The Hall–Kier alpha value is -2.44. The standard InChI is InChI=1S/C12H15N7/c1-9-4-6-19-11(7-9)15-12(17-19)13-5-3-10-14-8-18(2)16-10/h4,6-8H,3,5H2,1-2H3,(H,13,17). The number of nitrogens with one attached hydrogen (secondary N) is 1. The normalized spacial score (nSPS) is 11.1. The number of aromatic nitrogens is 6. The van der Waals surface area contributed by atoms with Crippen molar-refractivity contribution in [1.29, 1.82) is 0 Å². The van der Waals surface area contributed by atoms with Gasteiger partial charge in [-0.25, -0.2) is 9.50 Å². The third kappa shape index (κ3) is 2.54. The highest BCUT2D eigenvalue weighted by atomic mass is 15.3. The van der Waals surface area contributed by atoms with Gasteiger partial charge >= 0.3 is 0 Å². The van der Waals surface area contributed by atoms with Gasteiger partial charge in [-0.1, -0.05) is 0 Å². The Morgan fingerprint density at radius 3 is 3.00 bits per heavy atom. The first-order chi connectivity index (χ1) is 9.20. The molecule has 0 bridgehead atoms. The predicted octanol–water partition coefficient (Wildman–Crippen LogP) is 0.821. The molecule has 0 amide bonds. The van der Waals surface area contributed by atoms with E-state index in [2.05, 4.69) is 25.5 Å². The average Bonchev–Trinajstić information content (AvgIpc) is 2.95. The second kappa shape index (κ2) is 4.68. The summed E-state index contributed by atoms with van der Waals surface area (Å²) in [5, 5.41) is 11.7. The number of anilines is 1. The SMILES string of the molecule is Cc1ccn2nc(NCCc3ncn(C)n3)nc2c1. The molecule has 7 nitrogen and oxygen atoms in total. The molecule has 0 radical (unpaired) electrons.